The number of ether oxygens (including phenoxy) is 1. The van der Waals surface area contributed by atoms with Crippen molar-refractivity contribution in [1.29, 1.82) is 0 Å². The number of pyridine rings is 1. The fourth-order valence-corrected chi connectivity index (χ4v) is 2.66. The topological polar surface area (TPSA) is 77.2 Å². The molecule has 0 radical (unpaired) electrons. The van der Waals surface area contributed by atoms with Crippen molar-refractivity contribution in [3.8, 4) is 5.75 Å². The largest absolute Gasteiger partial charge is 0.479 e. The minimum Gasteiger partial charge on any atom is -0.479 e. The first kappa shape index (κ1) is 15.8. The van der Waals surface area contributed by atoms with Gasteiger partial charge in [0.1, 0.15) is 5.75 Å². The molecule has 1 amide bonds. The number of rotatable bonds is 5. The lowest BCUT2D eigenvalue weighted by molar-refractivity contribution is -0.128. The van der Waals surface area contributed by atoms with Gasteiger partial charge < -0.3 is 15.8 Å². The van der Waals surface area contributed by atoms with Gasteiger partial charge in [-0.25, -0.2) is 0 Å². The predicted octanol–water partition coefficient (Wildman–Crippen LogP) is 2.06. The number of aryl methyl sites for hydroxylation is 1. The van der Waals surface area contributed by atoms with Crippen LogP contribution in [-0.4, -0.2) is 23.0 Å². The third-order valence-electron chi connectivity index (χ3n) is 3.89. The highest BCUT2D eigenvalue weighted by atomic mass is 16.5. The molecule has 0 saturated heterocycles. The number of nitrogens with one attached hydrogen (secondary N) is 1. The van der Waals surface area contributed by atoms with Crippen molar-refractivity contribution in [1.82, 2.24) is 10.3 Å². The second-order valence-corrected chi connectivity index (χ2v) is 5.71. The van der Waals surface area contributed by atoms with Crippen molar-refractivity contribution in [2.75, 3.05) is 0 Å². The minimum absolute atomic E-state index is 0.0644. The zero-order valence-corrected chi connectivity index (χ0v) is 12.9. The monoisotopic (exact) mass is 291 g/mol. The summed E-state index contributed by atoms with van der Waals surface area (Å²) in [5, 5.41) is 3.07. The molecule has 1 heterocycles. The maximum absolute atomic E-state index is 12.2. The van der Waals surface area contributed by atoms with E-state index in [0.717, 1.165) is 18.5 Å². The maximum Gasteiger partial charge on any atom is 0.260 e. The summed E-state index contributed by atoms with van der Waals surface area (Å²) in [7, 11) is 0. The van der Waals surface area contributed by atoms with Crippen LogP contribution in [0.5, 0.6) is 5.75 Å². The van der Waals surface area contributed by atoms with E-state index in [1.807, 2.05) is 19.1 Å². The number of amides is 1. The van der Waals surface area contributed by atoms with E-state index < -0.39 is 6.10 Å². The van der Waals surface area contributed by atoms with E-state index in [2.05, 4.69) is 10.3 Å². The lowest BCUT2D eigenvalue weighted by Gasteiger charge is -2.25. The van der Waals surface area contributed by atoms with Crippen molar-refractivity contribution < 1.29 is 9.53 Å². The van der Waals surface area contributed by atoms with Gasteiger partial charge in [0.05, 0.1) is 5.69 Å². The fourth-order valence-electron chi connectivity index (χ4n) is 2.66. The van der Waals surface area contributed by atoms with Crippen molar-refractivity contribution in [2.24, 2.45) is 5.73 Å². The number of nitrogens with two attached hydrogens (primary N) is 1. The van der Waals surface area contributed by atoms with Crippen LogP contribution < -0.4 is 15.8 Å². The molecule has 5 nitrogen and oxygen atoms in total. The molecule has 1 aliphatic rings. The highest BCUT2D eigenvalue weighted by Crippen LogP contribution is 2.20. The molecule has 1 aromatic heterocycles. The zero-order chi connectivity index (χ0) is 15.2. The number of carbonyl (C=O) groups excluding carboxylic acids is 1. The summed E-state index contributed by atoms with van der Waals surface area (Å²) in [5.41, 5.74) is 7.26. The van der Waals surface area contributed by atoms with Crippen LogP contribution in [0.3, 0.4) is 0 Å². The molecule has 1 unspecified atom stereocenters. The van der Waals surface area contributed by atoms with Crippen LogP contribution in [0, 0.1) is 6.92 Å². The van der Waals surface area contributed by atoms with Crippen molar-refractivity contribution in [3.05, 3.63) is 23.5 Å². The summed E-state index contributed by atoms with van der Waals surface area (Å²) in [6.07, 6.45) is 5.25. The SMILES string of the molecule is Cc1ccc(OC(C)C(=O)NC2CCCCC2)c(CN)n1. The Morgan fingerprint density at radius 3 is 2.81 bits per heavy atom. The van der Waals surface area contributed by atoms with E-state index >= 15 is 0 Å². The van der Waals surface area contributed by atoms with E-state index in [-0.39, 0.29) is 5.91 Å². The van der Waals surface area contributed by atoms with Gasteiger partial charge in [-0.1, -0.05) is 19.3 Å². The lowest BCUT2D eigenvalue weighted by Crippen LogP contribution is -2.43. The van der Waals surface area contributed by atoms with E-state index in [1.165, 1.54) is 19.3 Å². The molecule has 0 spiro atoms. The van der Waals surface area contributed by atoms with Gasteiger partial charge in [-0.3, -0.25) is 9.78 Å². The summed E-state index contributed by atoms with van der Waals surface area (Å²) in [4.78, 5) is 16.5. The van der Waals surface area contributed by atoms with Gasteiger partial charge in [-0.2, -0.15) is 0 Å². The average Bonchev–Trinajstić information content (AvgIpc) is 2.49. The Balaban J connectivity index is 1.93. The second kappa shape index (κ2) is 7.41. The van der Waals surface area contributed by atoms with Crippen LogP contribution in [0.25, 0.3) is 0 Å². The second-order valence-electron chi connectivity index (χ2n) is 5.71. The molecule has 3 N–H and O–H groups in total. The summed E-state index contributed by atoms with van der Waals surface area (Å²) in [6, 6.07) is 3.98. The molecule has 1 saturated carbocycles. The third kappa shape index (κ3) is 4.43. The quantitative estimate of drug-likeness (QED) is 0.870. The van der Waals surface area contributed by atoms with Crippen molar-refractivity contribution in [3.63, 3.8) is 0 Å². The van der Waals surface area contributed by atoms with Crippen LogP contribution in [0.4, 0.5) is 0 Å². The normalized spacial score (nSPS) is 17.3. The van der Waals surface area contributed by atoms with Gasteiger partial charge in [0.2, 0.25) is 0 Å². The third-order valence-corrected chi connectivity index (χ3v) is 3.89. The highest BCUT2D eigenvalue weighted by Gasteiger charge is 2.21. The van der Waals surface area contributed by atoms with E-state index in [1.54, 1.807) is 6.92 Å². The average molecular weight is 291 g/mol. The Hall–Kier alpha value is -1.62. The Labute approximate surface area is 126 Å². The molecule has 116 valence electrons. The summed E-state index contributed by atoms with van der Waals surface area (Å²) < 4.78 is 5.74. The Morgan fingerprint density at radius 1 is 1.43 bits per heavy atom. The highest BCUT2D eigenvalue weighted by molar-refractivity contribution is 5.81. The summed E-state index contributed by atoms with van der Waals surface area (Å²) in [6.45, 7) is 3.97. The van der Waals surface area contributed by atoms with Crippen LogP contribution in [-0.2, 0) is 11.3 Å². The maximum atomic E-state index is 12.2. The van der Waals surface area contributed by atoms with E-state index in [9.17, 15) is 4.79 Å². The molecule has 1 aliphatic carbocycles. The molecule has 0 bridgehead atoms. The minimum atomic E-state index is -0.540. The molecule has 0 aliphatic heterocycles. The van der Waals surface area contributed by atoms with Gasteiger partial charge >= 0.3 is 0 Å². The van der Waals surface area contributed by atoms with E-state index in [0.29, 0.717) is 24.0 Å². The Kier molecular flexibility index (Phi) is 5.56. The van der Waals surface area contributed by atoms with Crippen molar-refractivity contribution in [2.45, 2.75) is 64.6 Å². The number of aromatic nitrogens is 1. The van der Waals surface area contributed by atoms with Gasteiger partial charge in [-0.15, -0.1) is 0 Å². The molecule has 1 fully saturated rings. The summed E-state index contributed by atoms with van der Waals surface area (Å²) >= 11 is 0. The first-order valence-electron chi connectivity index (χ1n) is 7.73. The van der Waals surface area contributed by atoms with Crippen LogP contribution in [0.2, 0.25) is 0 Å². The molecular formula is C16H25N3O2. The Bertz CT molecular complexity index is 484. The van der Waals surface area contributed by atoms with Crippen LogP contribution in [0.1, 0.15) is 50.4 Å². The van der Waals surface area contributed by atoms with Crippen LogP contribution >= 0.6 is 0 Å². The predicted molar refractivity (Wildman–Crippen MR) is 82.0 cm³/mol. The molecular weight excluding hydrogens is 266 g/mol. The van der Waals surface area contributed by atoms with Gasteiger partial charge in [0.25, 0.3) is 5.91 Å². The molecule has 0 aromatic carbocycles. The number of nitrogens with zero attached hydrogens (tertiary/aromatic N) is 1. The first-order chi connectivity index (χ1) is 10.1. The number of carbonyl (C=O) groups is 1. The van der Waals surface area contributed by atoms with Crippen LogP contribution in [0.15, 0.2) is 12.1 Å². The zero-order valence-electron chi connectivity index (χ0n) is 12.9. The number of hydrogen-bond donors (Lipinski definition) is 2. The molecule has 5 heteroatoms. The van der Waals surface area contributed by atoms with E-state index in [4.69, 9.17) is 10.5 Å². The van der Waals surface area contributed by atoms with Gasteiger partial charge in [0, 0.05) is 18.3 Å². The van der Waals surface area contributed by atoms with Crippen molar-refractivity contribution >= 4 is 5.91 Å². The fraction of sp³-hybridized carbons (Fsp3) is 0.625. The molecule has 1 aromatic rings. The molecule has 21 heavy (non-hydrogen) atoms. The smallest absolute Gasteiger partial charge is 0.260 e. The summed E-state index contributed by atoms with van der Waals surface area (Å²) in [5.74, 6) is 0.528. The standard InChI is InChI=1S/C16H25N3O2/c1-11-8-9-15(14(10-17)18-11)21-12(2)16(20)19-13-6-4-3-5-7-13/h8-9,12-13H,3-7,10,17H2,1-2H3,(H,19,20). The Morgan fingerprint density at radius 2 is 2.14 bits per heavy atom. The number of hydrogen-bond acceptors (Lipinski definition) is 4. The lowest BCUT2D eigenvalue weighted by atomic mass is 9.95. The molecule has 2 rings (SSSR count). The molecule has 1 atom stereocenters. The first-order valence-corrected chi connectivity index (χ1v) is 7.73. The van der Waals surface area contributed by atoms with Gasteiger partial charge in [-0.05, 0) is 38.8 Å². The van der Waals surface area contributed by atoms with Gasteiger partial charge in [0.15, 0.2) is 6.10 Å².